The van der Waals surface area contributed by atoms with Crippen LogP contribution in [0.5, 0.6) is 0 Å². The van der Waals surface area contributed by atoms with Crippen molar-refractivity contribution in [1.82, 2.24) is 5.32 Å². The molecule has 0 aromatic heterocycles. The Morgan fingerprint density at radius 1 is 1.06 bits per heavy atom. The van der Waals surface area contributed by atoms with E-state index in [1.165, 1.54) is 12.1 Å². The zero-order valence-electron chi connectivity index (χ0n) is 17.5. The Balaban J connectivity index is 1.35. The maximum absolute atomic E-state index is 12.2. The summed E-state index contributed by atoms with van der Waals surface area (Å²) >= 11 is 0. The first kappa shape index (κ1) is 22.3. The number of carbonyl (C=O) groups is 1. The molecule has 2 unspecified atom stereocenters. The van der Waals surface area contributed by atoms with Gasteiger partial charge in [-0.25, -0.2) is 4.79 Å². The minimum atomic E-state index is -1.46. The van der Waals surface area contributed by atoms with Crippen LogP contribution in [0.25, 0.3) is 11.1 Å². The second-order valence-corrected chi connectivity index (χ2v) is 7.79. The lowest BCUT2D eigenvalue weighted by molar-refractivity contribution is -0.384. The summed E-state index contributed by atoms with van der Waals surface area (Å²) in [5.41, 5.74) is 9.60. The highest BCUT2D eigenvalue weighted by Crippen LogP contribution is 2.44. The molecule has 9 heteroatoms. The highest BCUT2D eigenvalue weighted by molar-refractivity contribution is 5.79. The number of nitrogen functional groups attached to an aromatic ring is 1. The van der Waals surface area contributed by atoms with E-state index in [4.69, 9.17) is 10.5 Å². The van der Waals surface area contributed by atoms with Gasteiger partial charge in [-0.05, 0) is 33.9 Å². The largest absolute Gasteiger partial charge is 0.449 e. The zero-order valence-corrected chi connectivity index (χ0v) is 17.5. The quantitative estimate of drug-likeness (QED) is 0.246. The van der Waals surface area contributed by atoms with Crippen molar-refractivity contribution in [3.63, 3.8) is 0 Å². The van der Waals surface area contributed by atoms with E-state index in [1.807, 2.05) is 48.5 Å². The van der Waals surface area contributed by atoms with Crippen LogP contribution in [0.15, 0.2) is 66.7 Å². The Morgan fingerprint density at radius 2 is 1.67 bits per heavy atom. The van der Waals surface area contributed by atoms with E-state index < -0.39 is 23.2 Å². The first-order valence-corrected chi connectivity index (χ1v) is 10.4. The van der Waals surface area contributed by atoms with Crippen LogP contribution in [0.2, 0.25) is 0 Å². The van der Waals surface area contributed by atoms with Crippen molar-refractivity contribution >= 4 is 17.5 Å². The maximum atomic E-state index is 12.2. The summed E-state index contributed by atoms with van der Waals surface area (Å²) in [5.74, 6) is -0.103. The fourth-order valence-corrected chi connectivity index (χ4v) is 4.07. The van der Waals surface area contributed by atoms with E-state index in [0.29, 0.717) is 0 Å². The van der Waals surface area contributed by atoms with E-state index in [1.54, 1.807) is 0 Å². The number of hydrogen-bond donors (Lipinski definition) is 4. The van der Waals surface area contributed by atoms with Crippen LogP contribution in [-0.4, -0.2) is 40.5 Å². The van der Waals surface area contributed by atoms with Crippen LogP contribution >= 0.6 is 0 Å². The molecule has 0 fully saturated rings. The van der Waals surface area contributed by atoms with Gasteiger partial charge >= 0.3 is 6.09 Å². The predicted molar refractivity (Wildman–Crippen MR) is 122 cm³/mol. The van der Waals surface area contributed by atoms with E-state index in [9.17, 15) is 25.1 Å². The first-order chi connectivity index (χ1) is 15.9. The summed E-state index contributed by atoms with van der Waals surface area (Å²) in [6, 6.07) is 19.7. The molecule has 1 aliphatic carbocycles. The number of nitrogens with zero attached hydrogens (tertiary/aromatic N) is 1. The molecule has 2 atom stereocenters. The normalized spacial score (nSPS) is 14.1. The molecule has 3 aromatic carbocycles. The number of fused-ring (bicyclic) bond motifs is 3. The number of nitro benzene ring substituents is 1. The number of aliphatic hydroxyl groups is 2. The van der Waals surface area contributed by atoms with Crippen LogP contribution in [0, 0.1) is 10.1 Å². The van der Waals surface area contributed by atoms with Crippen molar-refractivity contribution in [2.75, 3.05) is 18.9 Å². The van der Waals surface area contributed by atoms with Crippen molar-refractivity contribution in [2.24, 2.45) is 0 Å². The Bertz CT molecular complexity index is 1150. The molecule has 170 valence electrons. The van der Waals surface area contributed by atoms with Gasteiger partial charge in [-0.2, -0.15) is 0 Å². The number of rotatable bonds is 7. The Morgan fingerprint density at radius 3 is 2.27 bits per heavy atom. The van der Waals surface area contributed by atoms with Crippen LogP contribution in [0.1, 0.15) is 28.7 Å². The minimum Gasteiger partial charge on any atom is -0.449 e. The number of nitrogens with two attached hydrogens (primary N) is 1. The number of carbonyl (C=O) groups excluding carboxylic acids is 1. The summed E-state index contributed by atoms with van der Waals surface area (Å²) in [6.45, 7) is -0.196. The van der Waals surface area contributed by atoms with Crippen molar-refractivity contribution in [2.45, 2.75) is 18.1 Å². The third kappa shape index (κ3) is 4.50. The van der Waals surface area contributed by atoms with Gasteiger partial charge in [0.1, 0.15) is 24.5 Å². The van der Waals surface area contributed by atoms with Gasteiger partial charge in [0, 0.05) is 18.5 Å². The number of benzene rings is 3. The molecule has 1 aliphatic rings. The Kier molecular flexibility index (Phi) is 6.25. The molecular weight excluding hydrogens is 426 g/mol. The van der Waals surface area contributed by atoms with E-state index >= 15 is 0 Å². The molecule has 9 nitrogen and oxygen atoms in total. The number of amides is 1. The first-order valence-electron chi connectivity index (χ1n) is 10.4. The van der Waals surface area contributed by atoms with Gasteiger partial charge in [0.25, 0.3) is 5.69 Å². The van der Waals surface area contributed by atoms with Gasteiger partial charge in [-0.3, -0.25) is 10.1 Å². The van der Waals surface area contributed by atoms with Gasteiger partial charge in [0.05, 0.1) is 4.92 Å². The Labute approximate surface area is 189 Å². The van der Waals surface area contributed by atoms with Gasteiger partial charge in [0.2, 0.25) is 0 Å². The monoisotopic (exact) mass is 449 g/mol. The summed E-state index contributed by atoms with van der Waals surface area (Å²) in [7, 11) is 0. The summed E-state index contributed by atoms with van der Waals surface area (Å²) in [4.78, 5) is 22.6. The molecule has 5 N–H and O–H groups in total. The third-order valence-corrected chi connectivity index (χ3v) is 5.76. The lowest BCUT2D eigenvalue weighted by atomic mass is 9.98. The number of nitro groups is 1. The highest BCUT2D eigenvalue weighted by atomic mass is 16.6. The lowest BCUT2D eigenvalue weighted by Crippen LogP contribution is -2.36. The fraction of sp³-hybridized carbons (Fsp3) is 0.208. The van der Waals surface area contributed by atoms with Gasteiger partial charge in [0.15, 0.2) is 0 Å². The molecule has 4 rings (SSSR count). The van der Waals surface area contributed by atoms with E-state index in [-0.39, 0.29) is 36.0 Å². The summed E-state index contributed by atoms with van der Waals surface area (Å²) < 4.78 is 5.39. The van der Waals surface area contributed by atoms with E-state index in [2.05, 4.69) is 5.32 Å². The SMILES string of the molecule is Nc1ccc(C(O)C(O)CNC(=O)OCC2c3ccccc3-c3ccccc32)cc1[N+](=O)[O-]. The van der Waals surface area contributed by atoms with Crippen LogP contribution in [-0.2, 0) is 4.74 Å². The standard InChI is InChI=1S/C24H23N3O6/c25-20-10-9-14(11-21(20)27(31)32)23(29)22(28)12-26-24(30)33-13-19-17-7-3-1-5-15(17)16-6-2-4-8-18(16)19/h1-11,19,22-23,28-29H,12-13,25H2,(H,26,30). The average molecular weight is 449 g/mol. The van der Waals surface area contributed by atoms with E-state index in [0.717, 1.165) is 28.3 Å². The van der Waals surface area contributed by atoms with Crippen molar-refractivity contribution in [3.05, 3.63) is 93.5 Å². The molecule has 0 aliphatic heterocycles. The van der Waals surface area contributed by atoms with Gasteiger partial charge in [-0.1, -0.05) is 54.6 Å². The number of aliphatic hydroxyl groups excluding tert-OH is 2. The van der Waals surface area contributed by atoms with Crippen molar-refractivity contribution in [3.8, 4) is 11.1 Å². The van der Waals surface area contributed by atoms with Gasteiger partial charge in [-0.15, -0.1) is 0 Å². The van der Waals surface area contributed by atoms with Crippen LogP contribution in [0.4, 0.5) is 16.2 Å². The minimum absolute atomic E-state index is 0.0535. The molecular formula is C24H23N3O6. The summed E-state index contributed by atoms with van der Waals surface area (Å²) in [6.07, 6.45) is -3.61. The lowest BCUT2D eigenvalue weighted by Gasteiger charge is -2.19. The number of nitrogens with one attached hydrogen (secondary N) is 1. The summed E-state index contributed by atoms with van der Waals surface area (Å²) in [5, 5.41) is 34.0. The number of anilines is 1. The molecule has 0 bridgehead atoms. The zero-order chi connectivity index (χ0) is 23.5. The van der Waals surface area contributed by atoms with Crippen molar-refractivity contribution < 1.29 is 24.7 Å². The fourth-order valence-electron chi connectivity index (χ4n) is 4.07. The maximum Gasteiger partial charge on any atom is 0.407 e. The molecule has 33 heavy (non-hydrogen) atoms. The topological polar surface area (TPSA) is 148 Å². The predicted octanol–water partition coefficient (Wildman–Crippen LogP) is 3.11. The highest BCUT2D eigenvalue weighted by Gasteiger charge is 2.29. The van der Waals surface area contributed by atoms with Crippen LogP contribution < -0.4 is 11.1 Å². The molecule has 0 saturated carbocycles. The third-order valence-electron chi connectivity index (χ3n) is 5.76. The van der Waals surface area contributed by atoms with Crippen LogP contribution in [0.3, 0.4) is 0 Å². The second-order valence-electron chi connectivity index (χ2n) is 7.79. The molecule has 0 heterocycles. The van der Waals surface area contributed by atoms with Crippen molar-refractivity contribution in [1.29, 1.82) is 0 Å². The molecule has 0 saturated heterocycles. The van der Waals surface area contributed by atoms with Gasteiger partial charge < -0.3 is 26.0 Å². The smallest absolute Gasteiger partial charge is 0.407 e. The Hall–Kier alpha value is -3.95. The average Bonchev–Trinajstić information content (AvgIpc) is 3.14. The number of ether oxygens (including phenoxy) is 1. The second kappa shape index (κ2) is 9.27. The molecule has 0 radical (unpaired) electrons. The molecule has 3 aromatic rings. The number of hydrogen-bond acceptors (Lipinski definition) is 7. The number of alkyl carbamates (subject to hydrolysis) is 1. The molecule has 0 spiro atoms. The molecule has 1 amide bonds.